The van der Waals surface area contributed by atoms with Gasteiger partial charge in [-0.3, -0.25) is 0 Å². The fraction of sp³-hybridized carbons (Fsp3) is 0.333. The van der Waals surface area contributed by atoms with E-state index in [4.69, 9.17) is 11.5 Å². The van der Waals surface area contributed by atoms with Crippen molar-refractivity contribution in [1.82, 2.24) is 0 Å². The molecule has 0 aliphatic heterocycles. The van der Waals surface area contributed by atoms with Crippen LogP contribution < -0.4 is 11.5 Å². The molecule has 0 fully saturated rings. The third-order valence-corrected chi connectivity index (χ3v) is 2.36. The van der Waals surface area contributed by atoms with Crippen molar-refractivity contribution < 1.29 is 0 Å². The normalized spacial score (nSPS) is 10.2. The van der Waals surface area contributed by atoms with E-state index < -0.39 is 0 Å². The molecule has 0 saturated heterocycles. The molecule has 0 radical (unpaired) electrons. The van der Waals surface area contributed by atoms with E-state index in [2.05, 4.69) is 18.7 Å². The standard InChI is InChI=1S/C9H14N2S/c1-6-8(5-12)2-7(4-10)3-9(6)11/h2-3,12H,4-5,10-11H2,1H3. The summed E-state index contributed by atoms with van der Waals surface area (Å²) in [6.07, 6.45) is 0. The topological polar surface area (TPSA) is 52.0 Å². The molecule has 3 heteroatoms. The quantitative estimate of drug-likeness (QED) is 0.479. The molecule has 0 unspecified atom stereocenters. The third-order valence-electron chi connectivity index (χ3n) is 2.02. The predicted molar refractivity (Wildman–Crippen MR) is 56.2 cm³/mol. The van der Waals surface area contributed by atoms with E-state index in [1.807, 2.05) is 13.0 Å². The van der Waals surface area contributed by atoms with Gasteiger partial charge in [0.2, 0.25) is 0 Å². The van der Waals surface area contributed by atoms with Crippen LogP contribution in [0.4, 0.5) is 5.69 Å². The molecular formula is C9H14N2S. The van der Waals surface area contributed by atoms with Crippen LogP contribution in [0, 0.1) is 6.92 Å². The van der Waals surface area contributed by atoms with Gasteiger partial charge in [-0.1, -0.05) is 6.07 Å². The first-order valence-corrected chi connectivity index (χ1v) is 4.51. The summed E-state index contributed by atoms with van der Waals surface area (Å²) in [6.45, 7) is 2.53. The second-order valence-electron chi connectivity index (χ2n) is 2.83. The maximum absolute atomic E-state index is 5.78. The van der Waals surface area contributed by atoms with Crippen molar-refractivity contribution in [3.8, 4) is 0 Å². The van der Waals surface area contributed by atoms with E-state index in [0.29, 0.717) is 12.3 Å². The Labute approximate surface area is 78.4 Å². The maximum atomic E-state index is 5.78. The first-order valence-electron chi connectivity index (χ1n) is 3.87. The van der Waals surface area contributed by atoms with Crippen LogP contribution >= 0.6 is 12.6 Å². The molecule has 0 aromatic heterocycles. The van der Waals surface area contributed by atoms with Crippen LogP contribution in [0.5, 0.6) is 0 Å². The van der Waals surface area contributed by atoms with Crippen molar-refractivity contribution in [2.24, 2.45) is 5.73 Å². The van der Waals surface area contributed by atoms with E-state index in [1.54, 1.807) is 0 Å². The van der Waals surface area contributed by atoms with Crippen molar-refractivity contribution >= 4 is 18.3 Å². The minimum Gasteiger partial charge on any atom is -0.398 e. The number of anilines is 1. The SMILES string of the molecule is Cc1c(N)cc(CN)cc1CS. The van der Waals surface area contributed by atoms with Gasteiger partial charge in [-0.2, -0.15) is 12.6 Å². The Hall–Kier alpha value is -0.670. The summed E-state index contributed by atoms with van der Waals surface area (Å²) in [5.74, 6) is 0.712. The first-order chi connectivity index (χ1) is 5.69. The van der Waals surface area contributed by atoms with Gasteiger partial charge in [0.25, 0.3) is 0 Å². The lowest BCUT2D eigenvalue weighted by molar-refractivity contribution is 1.06. The van der Waals surface area contributed by atoms with Gasteiger partial charge in [0.15, 0.2) is 0 Å². The second-order valence-corrected chi connectivity index (χ2v) is 3.15. The fourth-order valence-corrected chi connectivity index (χ4v) is 1.48. The van der Waals surface area contributed by atoms with Crippen molar-refractivity contribution in [3.63, 3.8) is 0 Å². The van der Waals surface area contributed by atoms with Crippen LogP contribution in [0.15, 0.2) is 12.1 Å². The average molecular weight is 182 g/mol. The lowest BCUT2D eigenvalue weighted by Gasteiger charge is -2.08. The minimum atomic E-state index is 0.533. The van der Waals surface area contributed by atoms with Crippen LogP contribution in [0.3, 0.4) is 0 Å². The molecule has 1 rings (SSSR count). The molecule has 0 aliphatic carbocycles. The summed E-state index contributed by atoms with van der Waals surface area (Å²) in [6, 6.07) is 3.97. The molecule has 1 aromatic carbocycles. The van der Waals surface area contributed by atoms with E-state index in [0.717, 1.165) is 16.8 Å². The van der Waals surface area contributed by atoms with Gasteiger partial charge in [0.1, 0.15) is 0 Å². The number of hydrogen-bond donors (Lipinski definition) is 3. The number of nitrogen functional groups attached to an aromatic ring is 1. The maximum Gasteiger partial charge on any atom is 0.0350 e. The Kier molecular flexibility index (Phi) is 3.00. The van der Waals surface area contributed by atoms with Gasteiger partial charge in [0, 0.05) is 18.0 Å². The summed E-state index contributed by atoms with van der Waals surface area (Å²) in [5, 5.41) is 0. The lowest BCUT2D eigenvalue weighted by Crippen LogP contribution is -2.01. The van der Waals surface area contributed by atoms with Crippen molar-refractivity contribution in [1.29, 1.82) is 0 Å². The second kappa shape index (κ2) is 3.83. The first kappa shape index (κ1) is 9.42. The number of benzene rings is 1. The number of rotatable bonds is 2. The predicted octanol–water partition coefficient (Wildman–Crippen LogP) is 1.47. The molecular weight excluding hydrogens is 168 g/mol. The Morgan fingerprint density at radius 3 is 2.58 bits per heavy atom. The van der Waals surface area contributed by atoms with Crippen molar-refractivity contribution in [3.05, 3.63) is 28.8 Å². The highest BCUT2D eigenvalue weighted by Gasteiger charge is 2.02. The van der Waals surface area contributed by atoms with E-state index in [-0.39, 0.29) is 0 Å². The molecule has 1 aromatic rings. The highest BCUT2D eigenvalue weighted by Crippen LogP contribution is 2.20. The smallest absolute Gasteiger partial charge is 0.0350 e. The Morgan fingerprint density at radius 1 is 1.42 bits per heavy atom. The molecule has 0 spiro atoms. The Balaban J connectivity index is 3.19. The van der Waals surface area contributed by atoms with Crippen LogP contribution in [-0.4, -0.2) is 0 Å². The summed E-state index contributed by atoms with van der Waals surface area (Å²) < 4.78 is 0. The zero-order valence-corrected chi connectivity index (χ0v) is 8.07. The van der Waals surface area contributed by atoms with Gasteiger partial charge in [-0.15, -0.1) is 0 Å². The highest BCUT2D eigenvalue weighted by molar-refractivity contribution is 7.79. The Morgan fingerprint density at radius 2 is 2.08 bits per heavy atom. The average Bonchev–Trinajstić information content (AvgIpc) is 2.09. The molecule has 66 valence electrons. The molecule has 0 aliphatic rings. The lowest BCUT2D eigenvalue weighted by atomic mass is 10.0. The number of thiol groups is 1. The fourth-order valence-electron chi connectivity index (χ4n) is 1.15. The van der Waals surface area contributed by atoms with Crippen LogP contribution in [0.1, 0.15) is 16.7 Å². The van der Waals surface area contributed by atoms with Crippen LogP contribution in [0.25, 0.3) is 0 Å². The summed E-state index contributed by atoms with van der Waals surface area (Å²) in [7, 11) is 0. The third kappa shape index (κ3) is 1.73. The highest BCUT2D eigenvalue weighted by atomic mass is 32.1. The van der Waals surface area contributed by atoms with Crippen molar-refractivity contribution in [2.45, 2.75) is 19.2 Å². The monoisotopic (exact) mass is 182 g/mol. The molecule has 12 heavy (non-hydrogen) atoms. The molecule has 0 amide bonds. The van der Waals surface area contributed by atoms with Gasteiger partial charge in [-0.25, -0.2) is 0 Å². The van der Waals surface area contributed by atoms with Crippen LogP contribution in [0.2, 0.25) is 0 Å². The summed E-state index contributed by atoms with van der Waals surface area (Å²) >= 11 is 4.22. The van der Waals surface area contributed by atoms with Gasteiger partial charge in [0.05, 0.1) is 0 Å². The molecule has 0 heterocycles. The summed E-state index contributed by atoms with van der Waals surface area (Å²) in [5.41, 5.74) is 15.5. The van der Waals surface area contributed by atoms with Gasteiger partial charge < -0.3 is 11.5 Å². The van der Waals surface area contributed by atoms with Crippen LogP contribution in [-0.2, 0) is 12.3 Å². The molecule has 0 bridgehead atoms. The Bertz CT molecular complexity index is 284. The zero-order valence-electron chi connectivity index (χ0n) is 7.17. The molecule has 0 saturated carbocycles. The van der Waals surface area contributed by atoms with Gasteiger partial charge >= 0.3 is 0 Å². The van der Waals surface area contributed by atoms with Gasteiger partial charge in [-0.05, 0) is 29.7 Å². The molecule has 4 N–H and O–H groups in total. The number of hydrogen-bond acceptors (Lipinski definition) is 3. The zero-order chi connectivity index (χ0) is 9.14. The molecule has 2 nitrogen and oxygen atoms in total. The number of nitrogens with two attached hydrogens (primary N) is 2. The van der Waals surface area contributed by atoms with Crippen molar-refractivity contribution in [2.75, 3.05) is 5.73 Å². The minimum absolute atomic E-state index is 0.533. The summed E-state index contributed by atoms with van der Waals surface area (Å²) in [4.78, 5) is 0. The van der Waals surface area contributed by atoms with E-state index in [1.165, 1.54) is 5.56 Å². The molecule has 0 atom stereocenters. The van der Waals surface area contributed by atoms with E-state index >= 15 is 0 Å². The van der Waals surface area contributed by atoms with E-state index in [9.17, 15) is 0 Å². The largest absolute Gasteiger partial charge is 0.398 e.